The Balaban J connectivity index is 2.17. The Morgan fingerprint density at radius 2 is 2.14 bits per heavy atom. The van der Waals surface area contributed by atoms with Crippen LogP contribution >= 0.6 is 15.9 Å². The van der Waals surface area contributed by atoms with Gasteiger partial charge in [-0.25, -0.2) is 0 Å². The van der Waals surface area contributed by atoms with Gasteiger partial charge < -0.3 is 10.1 Å². The maximum atomic E-state index is 12.6. The van der Waals surface area contributed by atoms with E-state index in [4.69, 9.17) is 4.74 Å². The summed E-state index contributed by atoms with van der Waals surface area (Å²) in [6.07, 6.45) is 2.01. The first kappa shape index (κ1) is 16.7. The van der Waals surface area contributed by atoms with Crippen molar-refractivity contribution >= 4 is 21.8 Å². The summed E-state index contributed by atoms with van der Waals surface area (Å²) in [5.41, 5.74) is 4.50. The maximum Gasteiger partial charge on any atom is 0.273 e. The number of allylic oxidation sites excluding steroid dienone is 1. The highest BCUT2D eigenvalue weighted by Crippen LogP contribution is 2.26. The zero-order valence-electron chi connectivity index (χ0n) is 13.1. The van der Waals surface area contributed by atoms with Gasteiger partial charge in [0.25, 0.3) is 5.91 Å². The summed E-state index contributed by atoms with van der Waals surface area (Å²) < 4.78 is 6.38. The Morgan fingerprint density at radius 3 is 2.82 bits per heavy atom. The number of carbonyl (C=O) groups is 1. The SMILES string of the molecule is CCCC1NC(C)=C(Br)N1NC(=O)c1ccccc1OCC. The molecule has 0 fully saturated rings. The predicted molar refractivity (Wildman–Crippen MR) is 90.4 cm³/mol. The fourth-order valence-electron chi connectivity index (χ4n) is 2.40. The summed E-state index contributed by atoms with van der Waals surface area (Å²) in [6, 6.07) is 7.27. The van der Waals surface area contributed by atoms with Gasteiger partial charge in [0.2, 0.25) is 0 Å². The van der Waals surface area contributed by atoms with Crippen molar-refractivity contribution in [2.24, 2.45) is 0 Å². The third-order valence-electron chi connectivity index (χ3n) is 3.43. The molecule has 0 radical (unpaired) electrons. The van der Waals surface area contributed by atoms with Crippen LogP contribution in [0.2, 0.25) is 0 Å². The topological polar surface area (TPSA) is 53.6 Å². The van der Waals surface area contributed by atoms with Crippen LogP contribution in [0, 0.1) is 0 Å². The number of nitrogens with one attached hydrogen (secondary N) is 2. The molecule has 1 aliphatic heterocycles. The van der Waals surface area contributed by atoms with E-state index in [0.717, 1.165) is 23.1 Å². The summed E-state index contributed by atoms with van der Waals surface area (Å²) in [7, 11) is 0. The van der Waals surface area contributed by atoms with Crippen LogP contribution in [0.5, 0.6) is 5.75 Å². The summed E-state index contributed by atoms with van der Waals surface area (Å²) >= 11 is 3.53. The van der Waals surface area contributed by atoms with Crippen molar-refractivity contribution in [3.63, 3.8) is 0 Å². The van der Waals surface area contributed by atoms with Crippen molar-refractivity contribution in [2.45, 2.75) is 39.8 Å². The second-order valence-electron chi connectivity index (χ2n) is 5.10. The van der Waals surface area contributed by atoms with Gasteiger partial charge in [-0.2, -0.15) is 0 Å². The number of nitrogens with zero attached hydrogens (tertiary/aromatic N) is 1. The van der Waals surface area contributed by atoms with Gasteiger partial charge in [0.1, 0.15) is 16.5 Å². The van der Waals surface area contributed by atoms with Crippen molar-refractivity contribution < 1.29 is 9.53 Å². The Hall–Kier alpha value is -1.69. The van der Waals surface area contributed by atoms with E-state index in [1.54, 1.807) is 12.1 Å². The smallest absolute Gasteiger partial charge is 0.273 e. The second kappa shape index (κ2) is 7.54. The molecule has 1 aromatic carbocycles. The fourth-order valence-corrected chi connectivity index (χ4v) is 2.85. The number of hydrogen-bond acceptors (Lipinski definition) is 4. The minimum Gasteiger partial charge on any atom is -0.493 e. The molecule has 0 spiro atoms. The Morgan fingerprint density at radius 1 is 1.41 bits per heavy atom. The number of benzene rings is 1. The van der Waals surface area contributed by atoms with Gasteiger partial charge in [-0.3, -0.25) is 15.2 Å². The minimum absolute atomic E-state index is 0.0579. The van der Waals surface area contributed by atoms with E-state index in [1.165, 1.54) is 0 Å². The molecule has 0 saturated carbocycles. The second-order valence-corrected chi connectivity index (χ2v) is 5.86. The molecule has 1 atom stereocenters. The standard InChI is InChI=1S/C16H22BrN3O2/c1-4-8-14-18-11(3)15(17)20(14)19-16(21)12-9-6-7-10-13(12)22-5-2/h6-7,9-10,14,18H,4-5,8H2,1-3H3,(H,19,21). The zero-order chi connectivity index (χ0) is 16.1. The molecular formula is C16H22BrN3O2. The zero-order valence-corrected chi connectivity index (χ0v) is 14.7. The summed E-state index contributed by atoms with van der Waals surface area (Å²) in [4.78, 5) is 12.6. The number of amides is 1. The molecule has 0 aromatic heterocycles. The number of ether oxygens (including phenoxy) is 1. The van der Waals surface area contributed by atoms with Crippen molar-refractivity contribution in [1.29, 1.82) is 0 Å². The normalized spacial score (nSPS) is 17.5. The Kier molecular flexibility index (Phi) is 5.71. The third kappa shape index (κ3) is 3.55. The lowest BCUT2D eigenvalue weighted by molar-refractivity contribution is 0.0789. The molecule has 0 saturated heterocycles. The molecule has 22 heavy (non-hydrogen) atoms. The lowest BCUT2D eigenvalue weighted by Gasteiger charge is -2.27. The highest BCUT2D eigenvalue weighted by Gasteiger charge is 2.29. The van der Waals surface area contributed by atoms with Crippen LogP contribution in [0.15, 0.2) is 34.6 Å². The molecule has 1 amide bonds. The van der Waals surface area contributed by atoms with E-state index >= 15 is 0 Å². The fraction of sp³-hybridized carbons (Fsp3) is 0.438. The first-order chi connectivity index (χ1) is 10.6. The lowest BCUT2D eigenvalue weighted by Crippen LogP contribution is -2.48. The van der Waals surface area contributed by atoms with Gasteiger partial charge in [-0.05, 0) is 48.3 Å². The monoisotopic (exact) mass is 367 g/mol. The first-order valence-electron chi connectivity index (χ1n) is 7.53. The Labute approximate surface area is 139 Å². The highest BCUT2D eigenvalue weighted by molar-refractivity contribution is 9.11. The van der Waals surface area contributed by atoms with E-state index in [-0.39, 0.29) is 12.1 Å². The van der Waals surface area contributed by atoms with Gasteiger partial charge in [0.05, 0.1) is 12.2 Å². The van der Waals surface area contributed by atoms with Gasteiger partial charge >= 0.3 is 0 Å². The van der Waals surface area contributed by atoms with Crippen molar-refractivity contribution in [2.75, 3.05) is 6.61 Å². The summed E-state index contributed by atoms with van der Waals surface area (Å²) in [5, 5.41) is 5.20. The van der Waals surface area contributed by atoms with E-state index < -0.39 is 0 Å². The Bertz CT molecular complexity index is 574. The molecule has 1 unspecified atom stereocenters. The molecule has 120 valence electrons. The number of hydrazine groups is 1. The summed E-state index contributed by atoms with van der Waals surface area (Å²) in [5.74, 6) is 0.414. The van der Waals surface area contributed by atoms with Crippen LogP contribution in [0.4, 0.5) is 0 Å². The van der Waals surface area contributed by atoms with Crippen LogP contribution in [-0.4, -0.2) is 23.7 Å². The molecular weight excluding hydrogens is 346 g/mol. The van der Waals surface area contributed by atoms with Crippen molar-refractivity contribution in [3.05, 3.63) is 40.1 Å². The van der Waals surface area contributed by atoms with Gasteiger partial charge in [0.15, 0.2) is 0 Å². The van der Waals surface area contributed by atoms with Crippen LogP contribution in [0.1, 0.15) is 44.0 Å². The number of rotatable bonds is 6. The molecule has 6 heteroatoms. The molecule has 0 aliphatic carbocycles. The van der Waals surface area contributed by atoms with Crippen LogP contribution in [0.25, 0.3) is 0 Å². The minimum atomic E-state index is -0.182. The predicted octanol–water partition coefficient (Wildman–Crippen LogP) is 3.35. The average molecular weight is 368 g/mol. The highest BCUT2D eigenvalue weighted by atomic mass is 79.9. The van der Waals surface area contributed by atoms with E-state index in [0.29, 0.717) is 17.9 Å². The van der Waals surface area contributed by atoms with E-state index in [9.17, 15) is 4.79 Å². The van der Waals surface area contributed by atoms with Crippen LogP contribution in [0.3, 0.4) is 0 Å². The maximum absolute atomic E-state index is 12.6. The van der Waals surface area contributed by atoms with Crippen LogP contribution in [-0.2, 0) is 0 Å². The van der Waals surface area contributed by atoms with Gasteiger partial charge in [-0.1, -0.05) is 25.5 Å². The lowest BCUT2D eigenvalue weighted by atomic mass is 10.2. The van der Waals surface area contributed by atoms with Gasteiger partial charge in [0, 0.05) is 5.70 Å². The van der Waals surface area contributed by atoms with Crippen molar-refractivity contribution in [1.82, 2.24) is 15.8 Å². The third-order valence-corrected chi connectivity index (χ3v) is 4.41. The summed E-state index contributed by atoms with van der Waals surface area (Å²) in [6.45, 7) is 6.52. The molecule has 2 N–H and O–H groups in total. The molecule has 1 aliphatic rings. The number of hydrogen-bond donors (Lipinski definition) is 2. The van der Waals surface area contributed by atoms with Gasteiger partial charge in [-0.15, -0.1) is 0 Å². The molecule has 1 aromatic rings. The molecule has 5 nitrogen and oxygen atoms in total. The largest absolute Gasteiger partial charge is 0.493 e. The number of para-hydroxylation sites is 1. The van der Waals surface area contributed by atoms with E-state index in [2.05, 4.69) is 33.6 Å². The first-order valence-corrected chi connectivity index (χ1v) is 8.32. The molecule has 0 bridgehead atoms. The van der Waals surface area contributed by atoms with E-state index in [1.807, 2.05) is 31.0 Å². The number of carbonyl (C=O) groups excluding carboxylic acids is 1. The molecule has 1 heterocycles. The molecule has 2 rings (SSSR count). The quantitative estimate of drug-likeness (QED) is 0.757. The average Bonchev–Trinajstić information content (AvgIpc) is 2.76. The van der Waals surface area contributed by atoms with Crippen molar-refractivity contribution in [3.8, 4) is 5.75 Å². The van der Waals surface area contributed by atoms with Crippen LogP contribution < -0.4 is 15.5 Å². The number of halogens is 1.